The molecule has 2 aromatic carbocycles. The van der Waals surface area contributed by atoms with Crippen LogP contribution >= 0.6 is 15.9 Å². The van der Waals surface area contributed by atoms with Gasteiger partial charge in [0.15, 0.2) is 0 Å². The number of rotatable bonds is 6. The van der Waals surface area contributed by atoms with E-state index in [4.69, 9.17) is 4.74 Å². The van der Waals surface area contributed by atoms with Crippen molar-refractivity contribution in [2.75, 3.05) is 6.61 Å². The van der Waals surface area contributed by atoms with Crippen LogP contribution in [0.4, 0.5) is 0 Å². The normalized spacial score (nSPS) is 10.8. The summed E-state index contributed by atoms with van der Waals surface area (Å²) in [7, 11) is 0. The molecule has 0 aliphatic carbocycles. The summed E-state index contributed by atoms with van der Waals surface area (Å²) in [6, 6.07) is 16.2. The maximum absolute atomic E-state index is 12.4. The Labute approximate surface area is 149 Å². The zero-order chi connectivity index (χ0) is 17.4. The molecule has 24 heavy (non-hydrogen) atoms. The molecular weight excluding hydrogens is 370 g/mol. The van der Waals surface area contributed by atoms with Gasteiger partial charge in [0.05, 0.1) is 5.56 Å². The zero-order valence-electron chi connectivity index (χ0n) is 12.9. The minimum atomic E-state index is -0.626. The van der Waals surface area contributed by atoms with Crippen molar-refractivity contribution in [3.8, 4) is 0 Å². The van der Waals surface area contributed by atoms with Crippen LogP contribution in [-0.2, 0) is 9.53 Å². The van der Waals surface area contributed by atoms with E-state index in [0.717, 1.165) is 5.56 Å². The third kappa shape index (κ3) is 4.93. The van der Waals surface area contributed by atoms with Gasteiger partial charge in [-0.1, -0.05) is 55.1 Å². The second-order valence-electron chi connectivity index (χ2n) is 4.79. The number of amides is 1. The van der Waals surface area contributed by atoms with Crippen molar-refractivity contribution in [2.24, 2.45) is 0 Å². The molecule has 0 unspecified atom stereocenters. The number of ether oxygens (including phenoxy) is 1. The number of esters is 1. The molecule has 4 nitrogen and oxygen atoms in total. The first kappa shape index (κ1) is 17.7. The first-order chi connectivity index (χ1) is 11.6. The van der Waals surface area contributed by atoms with Crippen LogP contribution in [0, 0.1) is 0 Å². The van der Waals surface area contributed by atoms with E-state index in [0.29, 0.717) is 10.0 Å². The van der Waals surface area contributed by atoms with Crippen molar-refractivity contribution < 1.29 is 14.3 Å². The number of carbonyl (C=O) groups is 2. The Morgan fingerprint density at radius 1 is 1.08 bits per heavy atom. The van der Waals surface area contributed by atoms with Crippen LogP contribution in [0.3, 0.4) is 0 Å². The highest BCUT2D eigenvalue weighted by molar-refractivity contribution is 9.10. The standard InChI is InChI=1S/C19H16BrNO3/c1-2-12-24-19(23)17(13-14-8-4-3-5-9-14)21-18(22)15-10-6-7-11-16(15)20/h2-11,13H,1,12H2,(H,21,22)/b17-13-. The van der Waals surface area contributed by atoms with Crippen LogP contribution in [0.5, 0.6) is 0 Å². The number of hydrogen-bond donors (Lipinski definition) is 1. The van der Waals surface area contributed by atoms with Gasteiger partial charge in [0.1, 0.15) is 12.3 Å². The van der Waals surface area contributed by atoms with E-state index in [2.05, 4.69) is 27.8 Å². The van der Waals surface area contributed by atoms with E-state index in [1.807, 2.05) is 30.3 Å². The summed E-state index contributed by atoms with van der Waals surface area (Å²) >= 11 is 3.32. The molecule has 1 N–H and O–H groups in total. The van der Waals surface area contributed by atoms with E-state index in [9.17, 15) is 9.59 Å². The Bertz CT molecular complexity index is 769. The zero-order valence-corrected chi connectivity index (χ0v) is 14.5. The molecule has 0 bridgehead atoms. The van der Waals surface area contributed by atoms with E-state index < -0.39 is 11.9 Å². The van der Waals surface area contributed by atoms with Gasteiger partial charge in [0.25, 0.3) is 5.91 Å². The molecule has 0 radical (unpaired) electrons. The molecule has 0 atom stereocenters. The number of halogens is 1. The average molecular weight is 386 g/mol. The average Bonchev–Trinajstić information content (AvgIpc) is 2.60. The van der Waals surface area contributed by atoms with Crippen molar-refractivity contribution in [3.63, 3.8) is 0 Å². The third-order valence-electron chi connectivity index (χ3n) is 3.03. The lowest BCUT2D eigenvalue weighted by molar-refractivity contribution is -0.138. The number of nitrogens with one attached hydrogen (secondary N) is 1. The fourth-order valence-corrected chi connectivity index (χ4v) is 2.37. The lowest BCUT2D eigenvalue weighted by Crippen LogP contribution is -2.28. The molecule has 0 fully saturated rings. The minimum absolute atomic E-state index is 0.0591. The molecule has 2 rings (SSSR count). The maximum atomic E-state index is 12.4. The molecule has 0 heterocycles. The highest BCUT2D eigenvalue weighted by Gasteiger charge is 2.17. The number of hydrogen-bond acceptors (Lipinski definition) is 3. The van der Waals surface area contributed by atoms with Crippen molar-refractivity contribution in [3.05, 3.63) is 88.5 Å². The van der Waals surface area contributed by atoms with Crippen molar-refractivity contribution in [2.45, 2.75) is 0 Å². The molecule has 5 heteroatoms. The highest BCUT2D eigenvalue weighted by atomic mass is 79.9. The second-order valence-corrected chi connectivity index (χ2v) is 5.64. The second kappa shape index (κ2) is 8.84. The van der Waals surface area contributed by atoms with Crippen LogP contribution in [0.2, 0.25) is 0 Å². The van der Waals surface area contributed by atoms with Crippen molar-refractivity contribution >= 4 is 33.9 Å². The van der Waals surface area contributed by atoms with Crippen LogP contribution in [-0.4, -0.2) is 18.5 Å². The number of benzene rings is 2. The lowest BCUT2D eigenvalue weighted by Gasteiger charge is -2.10. The quantitative estimate of drug-likeness (QED) is 0.465. The first-order valence-electron chi connectivity index (χ1n) is 7.22. The van der Waals surface area contributed by atoms with Gasteiger partial charge in [0, 0.05) is 4.47 Å². The molecule has 1 amide bonds. The van der Waals surface area contributed by atoms with Crippen molar-refractivity contribution in [1.82, 2.24) is 5.32 Å². The van der Waals surface area contributed by atoms with Crippen LogP contribution in [0.25, 0.3) is 6.08 Å². The predicted molar refractivity (Wildman–Crippen MR) is 97.2 cm³/mol. The third-order valence-corrected chi connectivity index (χ3v) is 3.72. The Kier molecular flexibility index (Phi) is 6.51. The molecular formula is C19H16BrNO3. The van der Waals surface area contributed by atoms with E-state index >= 15 is 0 Å². The summed E-state index contributed by atoms with van der Waals surface area (Å²) in [5, 5.41) is 2.61. The van der Waals surface area contributed by atoms with Gasteiger partial charge in [-0.25, -0.2) is 4.79 Å². The molecule has 0 aromatic heterocycles. The minimum Gasteiger partial charge on any atom is -0.457 e. The topological polar surface area (TPSA) is 55.4 Å². The van der Waals surface area contributed by atoms with Gasteiger partial charge < -0.3 is 10.1 Å². The molecule has 2 aromatic rings. The van der Waals surface area contributed by atoms with Gasteiger partial charge in [-0.2, -0.15) is 0 Å². The molecule has 0 aliphatic rings. The van der Waals surface area contributed by atoms with Gasteiger partial charge >= 0.3 is 5.97 Å². The van der Waals surface area contributed by atoms with Crippen LogP contribution in [0.15, 0.2) is 77.4 Å². The Hall–Kier alpha value is -2.66. The lowest BCUT2D eigenvalue weighted by atomic mass is 10.1. The summed E-state index contributed by atoms with van der Waals surface area (Å²) in [6.45, 7) is 3.57. The Morgan fingerprint density at radius 2 is 1.75 bits per heavy atom. The maximum Gasteiger partial charge on any atom is 0.355 e. The molecule has 122 valence electrons. The first-order valence-corrected chi connectivity index (χ1v) is 8.01. The summed E-state index contributed by atoms with van der Waals surface area (Å²) in [6.07, 6.45) is 3.04. The van der Waals surface area contributed by atoms with Gasteiger partial charge in [-0.05, 0) is 39.7 Å². The van der Waals surface area contributed by atoms with Crippen LogP contribution < -0.4 is 5.32 Å². The van der Waals surface area contributed by atoms with E-state index in [1.54, 1.807) is 30.3 Å². The molecule has 0 saturated heterocycles. The van der Waals surface area contributed by atoms with Gasteiger partial charge in [-0.15, -0.1) is 0 Å². The SMILES string of the molecule is C=CCOC(=O)/C(=C/c1ccccc1)NC(=O)c1ccccc1Br. The predicted octanol–water partition coefficient (Wildman–Crippen LogP) is 3.95. The largest absolute Gasteiger partial charge is 0.457 e. The summed E-state index contributed by atoms with van der Waals surface area (Å²) in [4.78, 5) is 24.6. The van der Waals surface area contributed by atoms with Crippen LogP contribution in [0.1, 0.15) is 15.9 Å². The number of carbonyl (C=O) groups excluding carboxylic acids is 2. The molecule has 0 aliphatic heterocycles. The molecule has 0 spiro atoms. The fourth-order valence-electron chi connectivity index (χ4n) is 1.91. The fraction of sp³-hybridized carbons (Fsp3) is 0.0526. The molecule has 0 saturated carbocycles. The smallest absolute Gasteiger partial charge is 0.355 e. The highest BCUT2D eigenvalue weighted by Crippen LogP contribution is 2.16. The van der Waals surface area contributed by atoms with E-state index in [1.165, 1.54) is 6.08 Å². The van der Waals surface area contributed by atoms with Gasteiger partial charge in [-0.3, -0.25) is 4.79 Å². The Morgan fingerprint density at radius 3 is 2.42 bits per heavy atom. The summed E-state index contributed by atoms with van der Waals surface area (Å²) in [5.74, 6) is -1.03. The summed E-state index contributed by atoms with van der Waals surface area (Å²) < 4.78 is 5.68. The summed E-state index contributed by atoms with van der Waals surface area (Å²) in [5.41, 5.74) is 1.26. The Balaban J connectivity index is 2.27. The van der Waals surface area contributed by atoms with E-state index in [-0.39, 0.29) is 12.3 Å². The van der Waals surface area contributed by atoms with Gasteiger partial charge in [0.2, 0.25) is 0 Å². The monoisotopic (exact) mass is 385 g/mol. The van der Waals surface area contributed by atoms with Crippen molar-refractivity contribution in [1.29, 1.82) is 0 Å².